The lowest BCUT2D eigenvalue weighted by molar-refractivity contribution is 0.122. The molecule has 0 unspecified atom stereocenters. The normalized spacial score (nSPS) is 16.9. The van der Waals surface area contributed by atoms with Crippen LogP contribution in [-0.2, 0) is 9.47 Å². The van der Waals surface area contributed by atoms with E-state index in [1.807, 2.05) is 6.07 Å². The molecule has 168 valence electrons. The number of rotatable bonds is 5. The number of nitrogen functional groups attached to an aromatic ring is 1. The van der Waals surface area contributed by atoms with Crippen molar-refractivity contribution < 1.29 is 14.2 Å². The second kappa shape index (κ2) is 8.97. The summed E-state index contributed by atoms with van der Waals surface area (Å²) in [6.07, 6.45) is 1.50. The van der Waals surface area contributed by atoms with Gasteiger partial charge in [-0.3, -0.25) is 0 Å². The number of nitrogens with one attached hydrogen (secondary N) is 1. The monoisotopic (exact) mass is 438 g/mol. The van der Waals surface area contributed by atoms with Gasteiger partial charge in [-0.25, -0.2) is 9.97 Å². The van der Waals surface area contributed by atoms with E-state index >= 15 is 0 Å². The molecule has 11 heteroatoms. The van der Waals surface area contributed by atoms with Crippen molar-refractivity contribution in [2.24, 2.45) is 0 Å². The Morgan fingerprint density at radius 2 is 1.53 bits per heavy atom. The van der Waals surface area contributed by atoms with Crippen LogP contribution in [0.1, 0.15) is 0 Å². The zero-order valence-electron chi connectivity index (χ0n) is 18.0. The van der Waals surface area contributed by atoms with E-state index < -0.39 is 0 Å². The first-order chi connectivity index (χ1) is 15.7. The lowest BCUT2D eigenvalue weighted by Crippen LogP contribution is -2.39. The molecular weight excluding hydrogens is 412 g/mol. The molecule has 1 aromatic carbocycles. The van der Waals surface area contributed by atoms with Crippen LogP contribution in [0.3, 0.4) is 0 Å². The Labute approximate surface area is 185 Å². The largest absolute Gasteiger partial charge is 0.495 e. The Morgan fingerprint density at radius 1 is 0.906 bits per heavy atom. The molecule has 0 spiro atoms. The van der Waals surface area contributed by atoms with Crippen LogP contribution < -0.4 is 25.6 Å². The Bertz CT molecular complexity index is 1060. The molecule has 0 atom stereocenters. The molecule has 2 aliphatic rings. The minimum atomic E-state index is 0.463. The quantitative estimate of drug-likeness (QED) is 0.562. The van der Waals surface area contributed by atoms with Gasteiger partial charge in [0.15, 0.2) is 0 Å². The number of hydrogen-bond donors (Lipinski definition) is 2. The van der Waals surface area contributed by atoms with Crippen LogP contribution in [0, 0.1) is 0 Å². The summed E-state index contributed by atoms with van der Waals surface area (Å²) in [6, 6.07) is 5.62. The fourth-order valence-electron chi connectivity index (χ4n) is 3.87. The minimum absolute atomic E-state index is 0.463. The molecule has 11 nitrogen and oxygen atoms in total. The van der Waals surface area contributed by atoms with Crippen LogP contribution in [0.25, 0.3) is 10.9 Å². The second-order valence-electron chi connectivity index (χ2n) is 7.57. The van der Waals surface area contributed by atoms with Gasteiger partial charge in [0.25, 0.3) is 0 Å². The predicted molar refractivity (Wildman–Crippen MR) is 122 cm³/mol. The number of hydrogen-bond acceptors (Lipinski definition) is 11. The zero-order valence-corrected chi connectivity index (χ0v) is 18.0. The molecule has 0 radical (unpaired) electrons. The van der Waals surface area contributed by atoms with Crippen molar-refractivity contribution in [3.05, 3.63) is 24.5 Å². The Morgan fingerprint density at radius 3 is 2.12 bits per heavy atom. The molecule has 0 saturated carbocycles. The zero-order chi connectivity index (χ0) is 21.9. The number of nitrogens with zero attached hydrogens (tertiary/aromatic N) is 6. The van der Waals surface area contributed by atoms with Gasteiger partial charge in [0, 0.05) is 43.7 Å². The molecule has 0 bridgehead atoms. The fraction of sp³-hybridized carbons (Fsp3) is 0.429. The predicted octanol–water partition coefficient (Wildman–Crippen LogP) is 1.43. The van der Waals surface area contributed by atoms with E-state index in [1.165, 1.54) is 6.33 Å². The average Bonchev–Trinajstić information content (AvgIpc) is 2.85. The van der Waals surface area contributed by atoms with Crippen LogP contribution in [-0.4, -0.2) is 79.7 Å². The summed E-state index contributed by atoms with van der Waals surface area (Å²) in [5.74, 6) is 3.32. The number of nitrogens with two attached hydrogens (primary N) is 1. The standard InChI is InChI=1S/C21H26N8O3/c1-30-17-11-16-14(10-15(17)22)20(24-13-23-16)27-21-25-18(28-2-6-31-7-3-28)12-19(26-21)29-4-8-32-9-5-29/h10-13H,2-9,22H2,1H3,(H,23,24,25,26,27). The first-order valence-corrected chi connectivity index (χ1v) is 10.6. The topological polar surface area (TPSA) is 124 Å². The summed E-state index contributed by atoms with van der Waals surface area (Å²) in [6.45, 7) is 5.85. The number of morpholine rings is 2. The maximum absolute atomic E-state index is 6.13. The van der Waals surface area contributed by atoms with Gasteiger partial charge in [-0.1, -0.05) is 0 Å². The highest BCUT2D eigenvalue weighted by atomic mass is 16.5. The van der Waals surface area contributed by atoms with Gasteiger partial charge in [-0.15, -0.1) is 0 Å². The van der Waals surface area contributed by atoms with Gasteiger partial charge in [0.1, 0.15) is 29.5 Å². The van der Waals surface area contributed by atoms with Gasteiger partial charge in [-0.05, 0) is 6.07 Å². The lowest BCUT2D eigenvalue weighted by atomic mass is 10.2. The third-order valence-electron chi connectivity index (χ3n) is 5.59. The number of benzene rings is 1. The van der Waals surface area contributed by atoms with Crippen molar-refractivity contribution in [3.8, 4) is 5.75 Å². The second-order valence-corrected chi connectivity index (χ2v) is 7.57. The van der Waals surface area contributed by atoms with Crippen LogP contribution in [0.15, 0.2) is 24.5 Å². The first kappa shape index (κ1) is 20.5. The molecule has 0 amide bonds. The van der Waals surface area contributed by atoms with Crippen LogP contribution >= 0.6 is 0 Å². The van der Waals surface area contributed by atoms with Crippen molar-refractivity contribution in [1.29, 1.82) is 0 Å². The molecule has 5 rings (SSSR count). The minimum Gasteiger partial charge on any atom is -0.495 e. The highest BCUT2D eigenvalue weighted by Crippen LogP contribution is 2.31. The third kappa shape index (κ3) is 4.16. The van der Waals surface area contributed by atoms with Crippen LogP contribution in [0.4, 0.5) is 29.1 Å². The molecule has 2 fully saturated rings. The van der Waals surface area contributed by atoms with E-state index in [9.17, 15) is 0 Å². The molecular formula is C21H26N8O3. The average molecular weight is 438 g/mol. The van der Waals surface area contributed by atoms with E-state index in [2.05, 4.69) is 25.1 Å². The van der Waals surface area contributed by atoms with Crippen molar-refractivity contribution in [2.75, 3.05) is 80.6 Å². The highest BCUT2D eigenvalue weighted by molar-refractivity contribution is 5.94. The van der Waals surface area contributed by atoms with Gasteiger partial charge >= 0.3 is 0 Å². The van der Waals surface area contributed by atoms with Gasteiger partial charge in [0.05, 0.1) is 44.7 Å². The van der Waals surface area contributed by atoms with E-state index in [0.717, 1.165) is 43.2 Å². The molecule has 3 aromatic rings. The Hall–Kier alpha value is -3.44. The maximum Gasteiger partial charge on any atom is 0.232 e. The van der Waals surface area contributed by atoms with E-state index in [0.29, 0.717) is 55.1 Å². The summed E-state index contributed by atoms with van der Waals surface area (Å²) in [4.78, 5) is 22.7. The van der Waals surface area contributed by atoms with E-state index in [4.69, 9.17) is 29.9 Å². The summed E-state index contributed by atoms with van der Waals surface area (Å²) >= 11 is 0. The van der Waals surface area contributed by atoms with E-state index in [1.54, 1.807) is 19.2 Å². The number of ether oxygens (including phenoxy) is 3. The number of fused-ring (bicyclic) bond motifs is 1. The van der Waals surface area contributed by atoms with Crippen molar-refractivity contribution in [2.45, 2.75) is 0 Å². The third-order valence-corrected chi connectivity index (χ3v) is 5.59. The smallest absolute Gasteiger partial charge is 0.232 e. The SMILES string of the molecule is COc1cc2ncnc(Nc3nc(N4CCOCC4)cc(N4CCOCC4)n3)c2cc1N. The number of anilines is 5. The molecule has 2 aromatic heterocycles. The van der Waals surface area contributed by atoms with E-state index in [-0.39, 0.29) is 0 Å². The van der Waals surface area contributed by atoms with Crippen LogP contribution in [0.2, 0.25) is 0 Å². The number of methoxy groups -OCH3 is 1. The fourth-order valence-corrected chi connectivity index (χ4v) is 3.87. The summed E-state index contributed by atoms with van der Waals surface area (Å²) in [5, 5.41) is 4.05. The molecule has 3 N–H and O–H groups in total. The molecule has 4 heterocycles. The maximum atomic E-state index is 6.13. The summed E-state index contributed by atoms with van der Waals surface area (Å²) in [5.41, 5.74) is 7.35. The van der Waals surface area contributed by atoms with Gasteiger partial charge in [-0.2, -0.15) is 9.97 Å². The molecule has 2 saturated heterocycles. The molecule has 2 aliphatic heterocycles. The van der Waals surface area contributed by atoms with Crippen LogP contribution in [0.5, 0.6) is 5.75 Å². The molecule has 0 aliphatic carbocycles. The van der Waals surface area contributed by atoms with Gasteiger partial charge in [0.2, 0.25) is 5.95 Å². The lowest BCUT2D eigenvalue weighted by Gasteiger charge is -2.31. The van der Waals surface area contributed by atoms with Gasteiger partial charge < -0.3 is 35.1 Å². The number of aromatic nitrogens is 4. The first-order valence-electron chi connectivity index (χ1n) is 10.6. The highest BCUT2D eigenvalue weighted by Gasteiger charge is 2.20. The van der Waals surface area contributed by atoms with Crippen molar-refractivity contribution in [3.63, 3.8) is 0 Å². The Kier molecular flexibility index (Phi) is 5.73. The van der Waals surface area contributed by atoms with Crippen molar-refractivity contribution in [1.82, 2.24) is 19.9 Å². The summed E-state index contributed by atoms with van der Waals surface area (Å²) < 4.78 is 16.3. The van der Waals surface area contributed by atoms with Crippen molar-refractivity contribution >= 4 is 40.0 Å². The molecule has 32 heavy (non-hydrogen) atoms. The Balaban J connectivity index is 1.53. The summed E-state index contributed by atoms with van der Waals surface area (Å²) in [7, 11) is 1.58.